The maximum atomic E-state index is 13.6. The summed E-state index contributed by atoms with van der Waals surface area (Å²) in [5.41, 5.74) is 4.07. The number of fused-ring (bicyclic) bond motifs is 2. The van der Waals surface area contributed by atoms with Crippen LogP contribution in [0.3, 0.4) is 0 Å². The van der Waals surface area contributed by atoms with Gasteiger partial charge in [-0.2, -0.15) is 0 Å². The predicted molar refractivity (Wildman–Crippen MR) is 136 cm³/mol. The van der Waals surface area contributed by atoms with Crippen molar-refractivity contribution in [1.82, 2.24) is 19.9 Å². The Bertz CT molecular complexity index is 1410. The van der Waals surface area contributed by atoms with Gasteiger partial charge in [-0.25, -0.2) is 4.68 Å². The summed E-state index contributed by atoms with van der Waals surface area (Å²) >= 11 is 0. The van der Waals surface area contributed by atoms with Gasteiger partial charge in [0.2, 0.25) is 0 Å². The molecular weight excluding hydrogens is 454 g/mol. The van der Waals surface area contributed by atoms with Gasteiger partial charge in [0.1, 0.15) is 11.3 Å². The molecule has 1 fully saturated rings. The van der Waals surface area contributed by atoms with Crippen LogP contribution >= 0.6 is 0 Å². The number of hydrogen-bond donors (Lipinski definition) is 0. The Morgan fingerprint density at radius 3 is 2.47 bits per heavy atom. The molecule has 0 radical (unpaired) electrons. The number of rotatable bonds is 4. The number of likely N-dealkylation sites (tertiary alicyclic amines) is 1. The van der Waals surface area contributed by atoms with Gasteiger partial charge in [0.05, 0.1) is 24.3 Å². The van der Waals surface area contributed by atoms with E-state index in [-0.39, 0.29) is 18.4 Å². The van der Waals surface area contributed by atoms with Crippen molar-refractivity contribution in [2.75, 3.05) is 24.5 Å². The zero-order valence-electron chi connectivity index (χ0n) is 19.9. The Morgan fingerprint density at radius 1 is 0.889 bits per heavy atom. The fourth-order valence-electron chi connectivity index (χ4n) is 4.99. The molecule has 2 aliphatic rings. The second-order valence-corrected chi connectivity index (χ2v) is 9.31. The lowest BCUT2D eigenvalue weighted by Gasteiger charge is -2.37. The van der Waals surface area contributed by atoms with Crippen LogP contribution in [0.15, 0.2) is 72.8 Å². The monoisotopic (exact) mass is 481 g/mol. The molecule has 1 unspecified atom stereocenters. The summed E-state index contributed by atoms with van der Waals surface area (Å²) < 4.78 is 7.92. The lowest BCUT2D eigenvalue weighted by Crippen LogP contribution is -2.52. The molecular formula is C28H27N5O3. The van der Waals surface area contributed by atoms with Crippen LogP contribution in [0.1, 0.15) is 35.2 Å². The summed E-state index contributed by atoms with van der Waals surface area (Å²) in [6, 6.07) is 22.8. The van der Waals surface area contributed by atoms with E-state index in [2.05, 4.69) is 10.3 Å². The molecule has 8 nitrogen and oxygen atoms in total. The minimum Gasteiger partial charge on any atom is -0.476 e. The predicted octanol–water partition coefficient (Wildman–Crippen LogP) is 3.90. The Labute approximate surface area is 209 Å². The second kappa shape index (κ2) is 9.45. The number of nitrogens with zero attached hydrogens (tertiary/aromatic N) is 5. The van der Waals surface area contributed by atoms with Gasteiger partial charge in [-0.05, 0) is 61.2 Å². The number of hydrogen-bond acceptors (Lipinski definition) is 5. The Kier molecular flexibility index (Phi) is 5.85. The number of aromatic nitrogens is 3. The molecule has 3 aromatic carbocycles. The molecule has 182 valence electrons. The molecule has 2 aliphatic heterocycles. The molecule has 2 amide bonds. The third-order valence-electron chi connectivity index (χ3n) is 6.92. The molecule has 4 aromatic rings. The molecule has 1 atom stereocenters. The minimum absolute atomic E-state index is 0.0441. The van der Waals surface area contributed by atoms with Crippen LogP contribution in [0.5, 0.6) is 5.75 Å². The molecule has 3 heterocycles. The lowest BCUT2D eigenvalue weighted by molar-refractivity contribution is -0.139. The van der Waals surface area contributed by atoms with E-state index < -0.39 is 6.10 Å². The number of carbonyl (C=O) groups is 2. The molecule has 1 aromatic heterocycles. The average molecular weight is 482 g/mol. The van der Waals surface area contributed by atoms with E-state index in [9.17, 15) is 9.59 Å². The number of para-hydroxylation sites is 3. The SMILES string of the molecule is O=C(C1CN(C(=O)c2ccc(Cn3nnc4ccccc43)cc2)c2ccccc2O1)N1CCCCC1. The number of amides is 2. The van der Waals surface area contributed by atoms with Crippen LogP contribution in [0.2, 0.25) is 0 Å². The van der Waals surface area contributed by atoms with Gasteiger partial charge in [0.25, 0.3) is 11.8 Å². The maximum Gasteiger partial charge on any atom is 0.265 e. The first-order chi connectivity index (χ1) is 17.7. The highest BCUT2D eigenvalue weighted by atomic mass is 16.5. The van der Waals surface area contributed by atoms with Crippen LogP contribution in [-0.2, 0) is 11.3 Å². The zero-order chi connectivity index (χ0) is 24.5. The van der Waals surface area contributed by atoms with E-state index in [0.29, 0.717) is 23.5 Å². The fourth-order valence-corrected chi connectivity index (χ4v) is 4.99. The Hall–Kier alpha value is -4.20. The van der Waals surface area contributed by atoms with Gasteiger partial charge in [-0.3, -0.25) is 9.59 Å². The highest BCUT2D eigenvalue weighted by Gasteiger charge is 2.36. The molecule has 0 saturated carbocycles. The van der Waals surface area contributed by atoms with Crippen molar-refractivity contribution in [1.29, 1.82) is 0 Å². The average Bonchev–Trinajstić information content (AvgIpc) is 3.35. The van der Waals surface area contributed by atoms with E-state index in [1.54, 1.807) is 4.90 Å². The Balaban J connectivity index is 1.22. The van der Waals surface area contributed by atoms with Gasteiger partial charge in [0, 0.05) is 18.7 Å². The van der Waals surface area contributed by atoms with Crippen LogP contribution in [0.4, 0.5) is 5.69 Å². The second-order valence-electron chi connectivity index (χ2n) is 9.31. The van der Waals surface area contributed by atoms with Crippen LogP contribution in [0.25, 0.3) is 11.0 Å². The first kappa shape index (κ1) is 22.3. The van der Waals surface area contributed by atoms with Gasteiger partial charge >= 0.3 is 0 Å². The van der Waals surface area contributed by atoms with Crippen LogP contribution in [0, 0.1) is 0 Å². The van der Waals surface area contributed by atoms with Crippen LogP contribution < -0.4 is 9.64 Å². The van der Waals surface area contributed by atoms with Crippen LogP contribution in [-0.4, -0.2) is 57.4 Å². The van der Waals surface area contributed by atoms with E-state index in [0.717, 1.165) is 48.9 Å². The number of anilines is 1. The van der Waals surface area contributed by atoms with Gasteiger partial charge < -0.3 is 14.5 Å². The molecule has 6 rings (SSSR count). The number of carbonyl (C=O) groups excluding carboxylic acids is 2. The third-order valence-corrected chi connectivity index (χ3v) is 6.92. The molecule has 0 bridgehead atoms. The van der Waals surface area contributed by atoms with Crippen molar-refractivity contribution in [2.45, 2.75) is 31.9 Å². The summed E-state index contributed by atoms with van der Waals surface area (Å²) in [5.74, 6) is 0.361. The maximum absolute atomic E-state index is 13.6. The molecule has 8 heteroatoms. The van der Waals surface area contributed by atoms with E-state index in [1.807, 2.05) is 82.4 Å². The van der Waals surface area contributed by atoms with Crippen molar-refractivity contribution in [3.05, 3.63) is 83.9 Å². The smallest absolute Gasteiger partial charge is 0.265 e. The van der Waals surface area contributed by atoms with E-state index >= 15 is 0 Å². The normalized spacial score (nSPS) is 17.5. The third kappa shape index (κ3) is 4.19. The topological polar surface area (TPSA) is 80.6 Å². The highest BCUT2D eigenvalue weighted by molar-refractivity contribution is 6.08. The van der Waals surface area contributed by atoms with Gasteiger partial charge in [0.15, 0.2) is 6.10 Å². The molecule has 0 N–H and O–H groups in total. The molecule has 36 heavy (non-hydrogen) atoms. The molecule has 0 spiro atoms. The number of piperidine rings is 1. The number of ether oxygens (including phenoxy) is 1. The van der Waals surface area contributed by atoms with E-state index in [1.165, 1.54) is 0 Å². The van der Waals surface area contributed by atoms with Gasteiger partial charge in [-0.1, -0.05) is 41.6 Å². The van der Waals surface area contributed by atoms with Crippen molar-refractivity contribution in [3.8, 4) is 5.75 Å². The standard InChI is InChI=1S/C28H27N5O3/c34-27(21-14-12-20(13-15-21)18-33-23-9-3-2-8-22(23)29-30-33)32-19-26(28(35)31-16-6-1-7-17-31)36-25-11-5-4-10-24(25)32/h2-5,8-15,26H,1,6-7,16-19H2. The van der Waals surface area contributed by atoms with Crippen molar-refractivity contribution in [2.24, 2.45) is 0 Å². The molecule has 1 saturated heterocycles. The quantitative estimate of drug-likeness (QED) is 0.442. The summed E-state index contributed by atoms with van der Waals surface area (Å²) in [5, 5.41) is 8.46. The summed E-state index contributed by atoms with van der Waals surface area (Å²) in [6.45, 7) is 2.24. The summed E-state index contributed by atoms with van der Waals surface area (Å²) in [4.78, 5) is 30.4. The van der Waals surface area contributed by atoms with E-state index in [4.69, 9.17) is 4.74 Å². The van der Waals surface area contributed by atoms with Gasteiger partial charge in [-0.15, -0.1) is 5.10 Å². The first-order valence-corrected chi connectivity index (χ1v) is 12.4. The minimum atomic E-state index is -0.707. The summed E-state index contributed by atoms with van der Waals surface area (Å²) in [6.07, 6.45) is 2.45. The van der Waals surface area contributed by atoms with Crippen molar-refractivity contribution >= 4 is 28.5 Å². The fraction of sp³-hybridized carbons (Fsp3) is 0.286. The zero-order valence-corrected chi connectivity index (χ0v) is 19.9. The van der Waals surface area contributed by atoms with Crippen molar-refractivity contribution < 1.29 is 14.3 Å². The highest BCUT2D eigenvalue weighted by Crippen LogP contribution is 2.34. The first-order valence-electron chi connectivity index (χ1n) is 12.4. The Morgan fingerprint density at radius 2 is 1.64 bits per heavy atom. The largest absolute Gasteiger partial charge is 0.476 e. The molecule has 0 aliphatic carbocycles. The van der Waals surface area contributed by atoms with Crippen molar-refractivity contribution in [3.63, 3.8) is 0 Å². The number of benzene rings is 3. The summed E-state index contributed by atoms with van der Waals surface area (Å²) in [7, 11) is 0. The lowest BCUT2D eigenvalue weighted by atomic mass is 10.1.